The van der Waals surface area contributed by atoms with Crippen LogP contribution in [-0.2, 0) is 0 Å². The van der Waals surface area contributed by atoms with Crippen molar-refractivity contribution >= 4 is 55.4 Å². The van der Waals surface area contributed by atoms with Crippen LogP contribution in [0.15, 0.2) is 18.2 Å². The van der Waals surface area contributed by atoms with E-state index >= 15 is 4.39 Å². The number of benzene rings is 2. The number of fused-ring (bicyclic) bond motifs is 4. The predicted octanol–water partition coefficient (Wildman–Crippen LogP) is 6.26. The zero-order valence-corrected chi connectivity index (χ0v) is 26.2. The Bertz CT molecular complexity index is 1770. The van der Waals surface area contributed by atoms with Gasteiger partial charge >= 0.3 is 6.01 Å². The van der Waals surface area contributed by atoms with Crippen molar-refractivity contribution in [3.8, 4) is 23.2 Å². The van der Waals surface area contributed by atoms with Gasteiger partial charge in [-0.25, -0.2) is 4.39 Å². The molecule has 3 saturated heterocycles. The summed E-state index contributed by atoms with van der Waals surface area (Å²) in [5.41, 5.74) is 7.82. The Labute approximate surface area is 259 Å². The number of nitrogens with zero attached hydrogens (tertiary/aromatic N) is 5. The fourth-order valence-corrected chi connectivity index (χ4v) is 8.66. The van der Waals surface area contributed by atoms with Crippen LogP contribution in [0.5, 0.6) is 6.01 Å². The van der Waals surface area contributed by atoms with Crippen molar-refractivity contribution in [2.24, 2.45) is 0 Å². The average molecular weight is 620 g/mol. The van der Waals surface area contributed by atoms with E-state index in [2.05, 4.69) is 40.0 Å². The van der Waals surface area contributed by atoms with E-state index in [9.17, 15) is 5.26 Å². The van der Waals surface area contributed by atoms with Crippen molar-refractivity contribution < 1.29 is 9.13 Å². The number of nitrogens with one attached hydrogen (secondary N) is 1. The third-order valence-electron chi connectivity index (χ3n) is 9.28. The highest BCUT2D eigenvalue weighted by Crippen LogP contribution is 2.47. The van der Waals surface area contributed by atoms with E-state index in [1.54, 1.807) is 12.1 Å². The Morgan fingerprint density at radius 3 is 2.70 bits per heavy atom. The zero-order valence-electron chi connectivity index (χ0n) is 24.6. The first-order valence-corrected chi connectivity index (χ1v) is 16.2. The third-order valence-corrected chi connectivity index (χ3v) is 10.6. The fourth-order valence-electron chi connectivity index (χ4n) is 7.30. The number of aromatic nitrogens is 2. The van der Waals surface area contributed by atoms with Crippen LogP contribution in [0.2, 0.25) is 5.02 Å². The summed E-state index contributed by atoms with van der Waals surface area (Å²) in [6, 6.07) is 9.15. The molecule has 43 heavy (non-hydrogen) atoms. The van der Waals surface area contributed by atoms with Crippen molar-refractivity contribution in [2.75, 3.05) is 36.9 Å². The number of ether oxygens (including phenoxy) is 1. The minimum absolute atomic E-state index is 0.165. The zero-order chi connectivity index (χ0) is 30.0. The summed E-state index contributed by atoms with van der Waals surface area (Å²) in [6.45, 7) is 9.33. The number of anilines is 2. The summed E-state index contributed by atoms with van der Waals surface area (Å²) in [5.74, 6) is 0.0969. The van der Waals surface area contributed by atoms with Gasteiger partial charge in [0.15, 0.2) is 5.82 Å². The van der Waals surface area contributed by atoms with Gasteiger partial charge in [0.05, 0.1) is 16.3 Å². The van der Waals surface area contributed by atoms with Crippen LogP contribution in [0.25, 0.3) is 32.1 Å². The van der Waals surface area contributed by atoms with Gasteiger partial charge in [0, 0.05) is 68.7 Å². The molecule has 0 spiro atoms. The van der Waals surface area contributed by atoms with Crippen LogP contribution < -0.4 is 20.7 Å². The summed E-state index contributed by atoms with van der Waals surface area (Å²) >= 11 is 8.43. The molecule has 0 saturated carbocycles. The monoisotopic (exact) mass is 619 g/mol. The van der Waals surface area contributed by atoms with E-state index in [4.69, 9.17) is 27.1 Å². The first-order chi connectivity index (χ1) is 20.7. The van der Waals surface area contributed by atoms with Gasteiger partial charge < -0.3 is 20.7 Å². The van der Waals surface area contributed by atoms with Crippen molar-refractivity contribution in [3.05, 3.63) is 39.5 Å². The molecule has 0 amide bonds. The van der Waals surface area contributed by atoms with E-state index < -0.39 is 5.82 Å². The van der Waals surface area contributed by atoms with Crippen molar-refractivity contribution in [2.45, 2.75) is 70.6 Å². The van der Waals surface area contributed by atoms with Gasteiger partial charge in [-0.05, 0) is 71.2 Å². The van der Waals surface area contributed by atoms with Crippen molar-refractivity contribution in [3.63, 3.8) is 0 Å². The molecule has 0 aliphatic carbocycles. The fraction of sp³-hybridized carbons (Fsp3) is 0.469. The number of thiophene rings is 1. The molecule has 2 bridgehead atoms. The van der Waals surface area contributed by atoms with E-state index in [0.29, 0.717) is 58.1 Å². The molecule has 5 heterocycles. The number of aryl methyl sites for hydroxylation is 1. The number of piperazine rings is 1. The topological polar surface area (TPSA) is 103 Å². The lowest BCUT2D eigenvalue weighted by Crippen LogP contribution is -2.51. The number of nitrogens with two attached hydrogens (primary N) is 1. The number of nitriles is 1. The molecule has 3 N–H and O–H groups in total. The highest BCUT2D eigenvalue weighted by atomic mass is 35.5. The SMILES string of the molecule is Cc1sc2ccc(N)c(C#N)c2c1-c1c(Cl)cc2c(N3CC4CCC(C3)N4)nc(OC[C@@H]3CCCN3C(C)C)nc2c1F. The quantitative estimate of drug-likeness (QED) is 0.244. The van der Waals surface area contributed by atoms with E-state index in [1.807, 2.05) is 13.0 Å². The normalized spacial score (nSPS) is 22.3. The minimum atomic E-state index is -0.548. The Balaban J connectivity index is 1.39. The van der Waals surface area contributed by atoms with Gasteiger partial charge in [-0.15, -0.1) is 11.3 Å². The minimum Gasteiger partial charge on any atom is -0.462 e. The largest absolute Gasteiger partial charge is 0.462 e. The van der Waals surface area contributed by atoms with Gasteiger partial charge in [-0.1, -0.05) is 11.6 Å². The Morgan fingerprint density at radius 1 is 1.21 bits per heavy atom. The van der Waals surface area contributed by atoms with Crippen molar-refractivity contribution in [1.29, 1.82) is 5.26 Å². The highest BCUT2D eigenvalue weighted by Gasteiger charge is 2.35. The Kier molecular flexibility index (Phi) is 7.33. The van der Waals surface area contributed by atoms with Crippen LogP contribution in [0.3, 0.4) is 0 Å². The van der Waals surface area contributed by atoms with E-state index in [0.717, 1.165) is 54.9 Å². The first kappa shape index (κ1) is 28.5. The summed E-state index contributed by atoms with van der Waals surface area (Å²) in [6.07, 6.45) is 4.38. The Hall–Kier alpha value is -3.23. The second-order valence-corrected chi connectivity index (χ2v) is 14.0. The summed E-state index contributed by atoms with van der Waals surface area (Å²) < 4.78 is 24.1. The van der Waals surface area contributed by atoms with Gasteiger partial charge in [0.2, 0.25) is 0 Å². The molecule has 2 unspecified atom stereocenters. The lowest BCUT2D eigenvalue weighted by molar-refractivity contribution is 0.138. The molecular formula is C32H35ClFN7OS. The van der Waals surface area contributed by atoms with Crippen molar-refractivity contribution in [1.82, 2.24) is 20.2 Å². The van der Waals surface area contributed by atoms with Gasteiger partial charge in [-0.2, -0.15) is 15.2 Å². The van der Waals surface area contributed by atoms with Crippen LogP contribution >= 0.6 is 22.9 Å². The number of nitrogen functional groups attached to an aromatic ring is 1. The standard InChI is InChI=1S/C32H35ClFN7OS/c1-16(2)41-10-4-5-20(41)15-42-32-38-30-21(31(39-32)40-13-18-6-7-19(14-40)37-18)11-23(33)28(29(30)34)26-17(3)43-25-9-8-24(36)22(12-35)27(25)26/h8-9,11,16,18-20,37H,4-7,10,13-15,36H2,1-3H3/t18?,19?,20-/m0/s1. The van der Waals surface area contributed by atoms with Crippen LogP contribution in [0.1, 0.15) is 50.0 Å². The first-order valence-electron chi connectivity index (χ1n) is 15.0. The smallest absolute Gasteiger partial charge is 0.319 e. The van der Waals surface area contributed by atoms with E-state index in [1.165, 1.54) is 11.3 Å². The third kappa shape index (κ3) is 4.87. The van der Waals surface area contributed by atoms with Gasteiger partial charge in [-0.3, -0.25) is 4.90 Å². The number of likely N-dealkylation sites (tertiary alicyclic amines) is 1. The molecule has 3 aliphatic heterocycles. The lowest BCUT2D eigenvalue weighted by Gasteiger charge is -2.34. The Morgan fingerprint density at radius 2 is 1.98 bits per heavy atom. The predicted molar refractivity (Wildman–Crippen MR) is 172 cm³/mol. The van der Waals surface area contributed by atoms with Crippen LogP contribution in [0, 0.1) is 24.1 Å². The number of halogens is 2. The number of rotatable bonds is 6. The molecule has 4 aromatic rings. The summed E-state index contributed by atoms with van der Waals surface area (Å²) in [4.78, 5) is 15.1. The molecule has 11 heteroatoms. The molecular weight excluding hydrogens is 585 g/mol. The molecule has 2 aromatic heterocycles. The molecule has 8 nitrogen and oxygen atoms in total. The summed E-state index contributed by atoms with van der Waals surface area (Å²) in [5, 5.41) is 15.1. The molecule has 2 aromatic carbocycles. The molecule has 224 valence electrons. The van der Waals surface area contributed by atoms with Gasteiger partial charge in [0.25, 0.3) is 0 Å². The van der Waals surface area contributed by atoms with Crippen LogP contribution in [-0.4, -0.2) is 65.3 Å². The average Bonchev–Trinajstić information content (AvgIpc) is 3.68. The number of hydrogen-bond donors (Lipinski definition) is 2. The molecule has 0 radical (unpaired) electrons. The maximum absolute atomic E-state index is 17.0. The second kappa shape index (κ2) is 11.0. The maximum atomic E-state index is 17.0. The highest BCUT2D eigenvalue weighted by molar-refractivity contribution is 7.19. The van der Waals surface area contributed by atoms with Crippen LogP contribution in [0.4, 0.5) is 15.9 Å². The second-order valence-electron chi connectivity index (χ2n) is 12.3. The van der Waals surface area contributed by atoms with E-state index in [-0.39, 0.29) is 28.2 Å². The summed E-state index contributed by atoms with van der Waals surface area (Å²) in [7, 11) is 0. The maximum Gasteiger partial charge on any atom is 0.319 e. The molecule has 7 rings (SSSR count). The van der Waals surface area contributed by atoms with Gasteiger partial charge in [0.1, 0.15) is 24.0 Å². The lowest BCUT2D eigenvalue weighted by atomic mass is 9.96. The molecule has 3 aliphatic rings. The number of hydrogen-bond acceptors (Lipinski definition) is 9. The molecule has 3 fully saturated rings. The molecule has 3 atom stereocenters.